The molecule has 0 aromatic carbocycles. The van der Waals surface area contributed by atoms with Gasteiger partial charge in [0, 0.05) is 18.8 Å². The predicted octanol–water partition coefficient (Wildman–Crippen LogP) is 0.840. The molecule has 2 N–H and O–H groups in total. The third kappa shape index (κ3) is 3.20. The summed E-state index contributed by atoms with van der Waals surface area (Å²) in [6.45, 7) is 3.83. The van der Waals surface area contributed by atoms with E-state index in [0.29, 0.717) is 19.1 Å². The fourth-order valence-electron chi connectivity index (χ4n) is 2.05. The van der Waals surface area contributed by atoms with Crippen molar-refractivity contribution in [3.63, 3.8) is 0 Å². The number of carbonyl (C=O) groups is 1. The molecule has 0 spiro atoms. The molecule has 5 heteroatoms. The van der Waals surface area contributed by atoms with Crippen LogP contribution in [0.2, 0.25) is 0 Å². The number of carbonyl (C=O) groups excluding carboxylic acids is 1. The Labute approximate surface area is 106 Å². The van der Waals surface area contributed by atoms with Gasteiger partial charge in [-0.1, -0.05) is 0 Å². The maximum absolute atomic E-state index is 11.8. The molecule has 1 aliphatic rings. The molecule has 0 bridgehead atoms. The Kier molecular flexibility index (Phi) is 4.15. The Bertz CT molecular complexity index is 475. The fourth-order valence-corrected chi connectivity index (χ4v) is 2.05. The van der Waals surface area contributed by atoms with E-state index in [1.165, 1.54) is 0 Å². The van der Waals surface area contributed by atoms with E-state index in [-0.39, 0.29) is 17.0 Å². The molecule has 0 unspecified atom stereocenters. The number of aryl methyl sites for hydroxylation is 1. The molecule has 1 saturated heterocycles. The van der Waals surface area contributed by atoms with Crippen LogP contribution in [0.25, 0.3) is 0 Å². The third-order valence-corrected chi connectivity index (χ3v) is 3.11. The van der Waals surface area contributed by atoms with Crippen molar-refractivity contribution in [1.82, 2.24) is 10.3 Å². The average molecular weight is 250 g/mol. The van der Waals surface area contributed by atoms with Gasteiger partial charge in [0.05, 0.1) is 6.61 Å². The number of hydrogen-bond acceptors (Lipinski definition) is 3. The SMILES string of the molecule is Cc1ccc(C(=O)NC[C@@H]2CCCOC2)c(=O)[nH]1. The zero-order chi connectivity index (χ0) is 13.0. The number of amides is 1. The molecule has 1 fully saturated rings. The highest BCUT2D eigenvalue weighted by Gasteiger charge is 2.16. The summed E-state index contributed by atoms with van der Waals surface area (Å²) in [6.07, 6.45) is 2.09. The molecule has 0 radical (unpaired) electrons. The second-order valence-electron chi connectivity index (χ2n) is 4.68. The summed E-state index contributed by atoms with van der Waals surface area (Å²) in [5, 5.41) is 2.79. The summed E-state index contributed by atoms with van der Waals surface area (Å²) in [5.41, 5.74) is 0.571. The van der Waals surface area contributed by atoms with Gasteiger partial charge in [-0.3, -0.25) is 9.59 Å². The summed E-state index contributed by atoms with van der Waals surface area (Å²) in [7, 11) is 0. The van der Waals surface area contributed by atoms with Crippen LogP contribution in [-0.2, 0) is 4.74 Å². The lowest BCUT2D eigenvalue weighted by molar-refractivity contribution is 0.0536. The highest BCUT2D eigenvalue weighted by Crippen LogP contribution is 2.12. The largest absolute Gasteiger partial charge is 0.381 e. The van der Waals surface area contributed by atoms with E-state index in [0.717, 1.165) is 25.1 Å². The molecule has 98 valence electrons. The topological polar surface area (TPSA) is 71.2 Å². The lowest BCUT2D eigenvalue weighted by Crippen LogP contribution is -2.35. The van der Waals surface area contributed by atoms with Gasteiger partial charge in [-0.25, -0.2) is 0 Å². The van der Waals surface area contributed by atoms with Crippen molar-refractivity contribution in [2.24, 2.45) is 5.92 Å². The maximum Gasteiger partial charge on any atom is 0.260 e. The van der Waals surface area contributed by atoms with Gasteiger partial charge in [0.1, 0.15) is 5.56 Å². The van der Waals surface area contributed by atoms with E-state index >= 15 is 0 Å². The number of rotatable bonds is 3. The van der Waals surface area contributed by atoms with E-state index in [1.54, 1.807) is 19.1 Å². The van der Waals surface area contributed by atoms with Crippen LogP contribution in [0.15, 0.2) is 16.9 Å². The molecule has 2 rings (SSSR count). The van der Waals surface area contributed by atoms with E-state index in [9.17, 15) is 9.59 Å². The molecule has 0 aliphatic carbocycles. The van der Waals surface area contributed by atoms with Crippen molar-refractivity contribution in [3.8, 4) is 0 Å². The third-order valence-electron chi connectivity index (χ3n) is 3.11. The quantitative estimate of drug-likeness (QED) is 0.835. The number of H-pyrrole nitrogens is 1. The van der Waals surface area contributed by atoms with Crippen LogP contribution in [0, 0.1) is 12.8 Å². The first-order valence-corrected chi connectivity index (χ1v) is 6.22. The first-order valence-electron chi connectivity index (χ1n) is 6.22. The average Bonchev–Trinajstić information content (AvgIpc) is 2.37. The van der Waals surface area contributed by atoms with Crippen LogP contribution in [0.5, 0.6) is 0 Å². The van der Waals surface area contributed by atoms with Gasteiger partial charge in [-0.05, 0) is 37.8 Å². The van der Waals surface area contributed by atoms with Crippen LogP contribution >= 0.6 is 0 Å². The molecule has 1 atom stereocenters. The first kappa shape index (κ1) is 12.8. The van der Waals surface area contributed by atoms with E-state index in [4.69, 9.17) is 4.74 Å². The van der Waals surface area contributed by atoms with Crippen LogP contribution in [0.1, 0.15) is 28.9 Å². The summed E-state index contributed by atoms with van der Waals surface area (Å²) >= 11 is 0. The minimum absolute atomic E-state index is 0.164. The van der Waals surface area contributed by atoms with Crippen molar-refractivity contribution in [1.29, 1.82) is 0 Å². The van der Waals surface area contributed by atoms with Crippen LogP contribution in [-0.4, -0.2) is 30.6 Å². The van der Waals surface area contributed by atoms with Crippen molar-refractivity contribution in [2.45, 2.75) is 19.8 Å². The molecule has 5 nitrogen and oxygen atoms in total. The summed E-state index contributed by atoms with van der Waals surface area (Å²) < 4.78 is 5.34. The number of aromatic nitrogens is 1. The molecule has 1 aromatic rings. The van der Waals surface area contributed by atoms with Gasteiger partial charge in [0.15, 0.2) is 0 Å². The Morgan fingerprint density at radius 2 is 2.39 bits per heavy atom. The highest BCUT2D eigenvalue weighted by atomic mass is 16.5. The second kappa shape index (κ2) is 5.82. The molecule has 1 aromatic heterocycles. The standard InChI is InChI=1S/C13H18N2O3/c1-9-4-5-11(13(17)15-9)12(16)14-7-10-3-2-6-18-8-10/h4-5,10H,2-3,6-8H2,1H3,(H,14,16)(H,15,17)/t10-/m0/s1. The predicted molar refractivity (Wildman–Crippen MR) is 67.7 cm³/mol. The lowest BCUT2D eigenvalue weighted by Gasteiger charge is -2.22. The van der Waals surface area contributed by atoms with Crippen molar-refractivity contribution in [2.75, 3.05) is 19.8 Å². The Morgan fingerprint density at radius 1 is 1.56 bits per heavy atom. The maximum atomic E-state index is 11.8. The molecule has 0 saturated carbocycles. The van der Waals surface area contributed by atoms with E-state index in [2.05, 4.69) is 10.3 Å². The summed E-state index contributed by atoms with van der Waals surface area (Å²) in [6, 6.07) is 3.28. The number of pyridine rings is 1. The second-order valence-corrected chi connectivity index (χ2v) is 4.68. The Morgan fingerprint density at radius 3 is 3.06 bits per heavy atom. The molecular weight excluding hydrogens is 232 g/mol. The van der Waals surface area contributed by atoms with Crippen molar-refractivity contribution >= 4 is 5.91 Å². The fraction of sp³-hybridized carbons (Fsp3) is 0.538. The monoisotopic (exact) mass is 250 g/mol. The van der Waals surface area contributed by atoms with Gasteiger partial charge >= 0.3 is 0 Å². The molecular formula is C13H18N2O3. The first-order chi connectivity index (χ1) is 8.66. The van der Waals surface area contributed by atoms with E-state index in [1.807, 2.05) is 0 Å². The van der Waals surface area contributed by atoms with Crippen molar-refractivity contribution in [3.05, 3.63) is 33.7 Å². The summed E-state index contributed by atoms with van der Waals surface area (Å²) in [4.78, 5) is 26.1. The van der Waals surface area contributed by atoms with Crippen LogP contribution in [0.3, 0.4) is 0 Å². The van der Waals surface area contributed by atoms with Gasteiger partial charge in [-0.2, -0.15) is 0 Å². The minimum atomic E-state index is -0.340. The molecule has 18 heavy (non-hydrogen) atoms. The Hall–Kier alpha value is -1.62. The minimum Gasteiger partial charge on any atom is -0.381 e. The van der Waals surface area contributed by atoms with Crippen molar-refractivity contribution < 1.29 is 9.53 Å². The van der Waals surface area contributed by atoms with Gasteiger partial charge in [-0.15, -0.1) is 0 Å². The summed E-state index contributed by atoms with van der Waals surface area (Å²) in [5.74, 6) is 0.0362. The smallest absolute Gasteiger partial charge is 0.260 e. The van der Waals surface area contributed by atoms with Gasteiger partial charge < -0.3 is 15.0 Å². The zero-order valence-corrected chi connectivity index (χ0v) is 10.5. The number of nitrogens with one attached hydrogen (secondary N) is 2. The molecule has 1 aliphatic heterocycles. The number of ether oxygens (including phenoxy) is 1. The van der Waals surface area contributed by atoms with Gasteiger partial charge in [0.2, 0.25) is 0 Å². The van der Waals surface area contributed by atoms with Crippen LogP contribution in [0.4, 0.5) is 0 Å². The molecule has 1 amide bonds. The number of hydrogen-bond donors (Lipinski definition) is 2. The Balaban J connectivity index is 1.93. The molecule has 2 heterocycles. The van der Waals surface area contributed by atoms with Crippen LogP contribution < -0.4 is 10.9 Å². The number of aromatic amines is 1. The highest BCUT2D eigenvalue weighted by molar-refractivity contribution is 5.93. The van der Waals surface area contributed by atoms with E-state index < -0.39 is 0 Å². The zero-order valence-electron chi connectivity index (χ0n) is 10.5. The normalized spacial score (nSPS) is 19.5. The van der Waals surface area contributed by atoms with Gasteiger partial charge in [0.25, 0.3) is 11.5 Å². The lowest BCUT2D eigenvalue weighted by atomic mass is 10.0.